The summed E-state index contributed by atoms with van der Waals surface area (Å²) in [4.78, 5) is -0.155. The molecule has 1 aromatic rings. The first kappa shape index (κ1) is 16.2. The van der Waals surface area contributed by atoms with E-state index in [2.05, 4.69) is 15.9 Å². The Bertz CT molecular complexity index is 525. The van der Waals surface area contributed by atoms with Crippen molar-refractivity contribution in [2.24, 2.45) is 0 Å². The van der Waals surface area contributed by atoms with Gasteiger partial charge in [-0.05, 0) is 19.1 Å². The summed E-state index contributed by atoms with van der Waals surface area (Å²) in [6.07, 6.45) is -0.780. The van der Waals surface area contributed by atoms with Gasteiger partial charge in [-0.1, -0.05) is 39.1 Å². The van der Waals surface area contributed by atoms with Gasteiger partial charge in [0, 0.05) is 18.1 Å². The Labute approximate surface area is 125 Å². The Balaban J connectivity index is 3.29. The summed E-state index contributed by atoms with van der Waals surface area (Å²) in [5.74, 6) is 0. The van der Waals surface area contributed by atoms with Crippen LogP contribution in [0.1, 0.15) is 6.92 Å². The van der Waals surface area contributed by atoms with Crippen molar-refractivity contribution in [3.05, 3.63) is 26.7 Å². The highest BCUT2D eigenvalue weighted by atomic mass is 79.9. The summed E-state index contributed by atoms with van der Waals surface area (Å²) < 4.78 is 26.1. The Morgan fingerprint density at radius 2 is 1.83 bits per heavy atom. The van der Waals surface area contributed by atoms with Crippen molar-refractivity contribution in [1.82, 2.24) is 4.31 Å². The average Bonchev–Trinajstić information content (AvgIpc) is 2.13. The lowest BCUT2D eigenvalue weighted by molar-refractivity contribution is 0.171. The lowest BCUT2D eigenvalue weighted by Crippen LogP contribution is -2.33. The molecule has 0 aliphatic heterocycles. The van der Waals surface area contributed by atoms with E-state index in [4.69, 9.17) is 23.2 Å². The molecule has 4 nitrogen and oxygen atoms in total. The minimum atomic E-state index is -3.82. The first-order valence-corrected chi connectivity index (χ1v) is 7.94. The van der Waals surface area contributed by atoms with Gasteiger partial charge in [0.25, 0.3) is 0 Å². The second kappa shape index (κ2) is 6.07. The van der Waals surface area contributed by atoms with Gasteiger partial charge in [0.05, 0.1) is 16.1 Å². The van der Waals surface area contributed by atoms with E-state index >= 15 is 0 Å². The first-order valence-electron chi connectivity index (χ1n) is 4.95. The number of likely N-dealkylation sites (N-methyl/N-ethyl adjacent to an activating group) is 1. The monoisotopic (exact) mass is 375 g/mol. The lowest BCUT2D eigenvalue weighted by Gasteiger charge is -2.20. The summed E-state index contributed by atoms with van der Waals surface area (Å²) in [7, 11) is -2.47. The molecule has 0 aromatic heterocycles. The highest BCUT2D eigenvalue weighted by molar-refractivity contribution is 9.10. The average molecular weight is 377 g/mol. The van der Waals surface area contributed by atoms with Crippen LogP contribution in [0.3, 0.4) is 0 Å². The molecule has 1 rings (SSSR count). The molecule has 0 spiro atoms. The molecule has 1 N–H and O–H groups in total. The second-order valence-corrected chi connectivity index (χ2v) is 7.54. The molecule has 1 aromatic carbocycles. The zero-order chi connectivity index (χ0) is 14.1. The Morgan fingerprint density at radius 1 is 1.39 bits per heavy atom. The third kappa shape index (κ3) is 3.59. The van der Waals surface area contributed by atoms with Gasteiger partial charge in [0.2, 0.25) is 10.0 Å². The van der Waals surface area contributed by atoms with Crippen LogP contribution in [0, 0.1) is 0 Å². The molecule has 0 fully saturated rings. The third-order valence-electron chi connectivity index (χ3n) is 2.15. The number of sulfonamides is 1. The van der Waals surface area contributed by atoms with E-state index in [1.165, 1.54) is 26.1 Å². The van der Waals surface area contributed by atoms with E-state index in [9.17, 15) is 13.5 Å². The number of halogens is 3. The van der Waals surface area contributed by atoms with Crippen LogP contribution in [0.15, 0.2) is 21.5 Å². The van der Waals surface area contributed by atoms with Crippen molar-refractivity contribution in [1.29, 1.82) is 0 Å². The third-order valence-corrected chi connectivity index (χ3v) is 5.36. The molecular formula is C10H12BrCl2NO3S. The van der Waals surface area contributed by atoms with E-state index in [-0.39, 0.29) is 21.5 Å². The minimum Gasteiger partial charge on any atom is -0.392 e. The van der Waals surface area contributed by atoms with Gasteiger partial charge in [-0.25, -0.2) is 8.42 Å². The Kier molecular flexibility index (Phi) is 5.46. The minimum absolute atomic E-state index is 0.0341. The number of aliphatic hydroxyl groups is 1. The molecular weight excluding hydrogens is 365 g/mol. The fraction of sp³-hybridized carbons (Fsp3) is 0.400. The molecule has 102 valence electrons. The largest absolute Gasteiger partial charge is 0.392 e. The quantitative estimate of drug-likeness (QED) is 0.878. The zero-order valence-electron chi connectivity index (χ0n) is 9.69. The van der Waals surface area contributed by atoms with Crippen LogP contribution < -0.4 is 0 Å². The second-order valence-electron chi connectivity index (χ2n) is 3.83. The van der Waals surface area contributed by atoms with Gasteiger partial charge in [-0.3, -0.25) is 0 Å². The van der Waals surface area contributed by atoms with Gasteiger partial charge in [0.1, 0.15) is 4.90 Å². The summed E-state index contributed by atoms with van der Waals surface area (Å²) in [6, 6.07) is 2.91. The smallest absolute Gasteiger partial charge is 0.245 e. The number of nitrogens with zero attached hydrogens (tertiary/aromatic N) is 1. The molecule has 0 bridgehead atoms. The van der Waals surface area contributed by atoms with E-state index in [1.807, 2.05) is 0 Å². The van der Waals surface area contributed by atoms with Gasteiger partial charge >= 0.3 is 0 Å². The van der Waals surface area contributed by atoms with Crippen LogP contribution in [0.25, 0.3) is 0 Å². The molecule has 1 atom stereocenters. The summed E-state index contributed by atoms with van der Waals surface area (Å²) >= 11 is 15.0. The van der Waals surface area contributed by atoms with Crippen molar-refractivity contribution in [3.8, 4) is 0 Å². The van der Waals surface area contributed by atoms with Crippen molar-refractivity contribution in [2.75, 3.05) is 13.6 Å². The molecule has 18 heavy (non-hydrogen) atoms. The normalized spacial score (nSPS) is 13.9. The van der Waals surface area contributed by atoms with Gasteiger partial charge in [-0.2, -0.15) is 4.31 Å². The molecule has 1 unspecified atom stereocenters. The van der Waals surface area contributed by atoms with Crippen molar-refractivity contribution in [2.45, 2.75) is 17.9 Å². The number of hydrogen-bond acceptors (Lipinski definition) is 3. The SMILES string of the molecule is CC(O)CN(C)S(=O)(=O)c1c(Cl)cc(Br)cc1Cl. The van der Waals surface area contributed by atoms with Crippen LogP contribution >= 0.6 is 39.1 Å². The maximum Gasteiger partial charge on any atom is 0.245 e. The molecule has 0 aliphatic carbocycles. The van der Waals surface area contributed by atoms with E-state index in [0.29, 0.717) is 4.47 Å². The van der Waals surface area contributed by atoms with E-state index in [1.54, 1.807) is 0 Å². The summed E-state index contributed by atoms with van der Waals surface area (Å²) in [5, 5.41) is 9.30. The number of hydrogen-bond donors (Lipinski definition) is 1. The van der Waals surface area contributed by atoms with E-state index < -0.39 is 16.1 Å². The maximum atomic E-state index is 12.3. The van der Waals surface area contributed by atoms with Gasteiger partial charge in [0.15, 0.2) is 0 Å². The summed E-state index contributed by atoms with van der Waals surface area (Å²) in [5.41, 5.74) is 0. The number of rotatable bonds is 4. The van der Waals surface area contributed by atoms with Gasteiger partial charge in [-0.15, -0.1) is 0 Å². The zero-order valence-corrected chi connectivity index (χ0v) is 13.6. The molecule has 0 radical (unpaired) electrons. The van der Waals surface area contributed by atoms with Crippen LogP contribution in [0.4, 0.5) is 0 Å². The van der Waals surface area contributed by atoms with Crippen LogP contribution in [0.2, 0.25) is 10.0 Å². The molecule has 0 saturated heterocycles. The fourth-order valence-electron chi connectivity index (χ4n) is 1.40. The number of aliphatic hydroxyl groups excluding tert-OH is 1. The fourth-order valence-corrected chi connectivity index (χ4v) is 4.53. The van der Waals surface area contributed by atoms with E-state index in [0.717, 1.165) is 4.31 Å². The highest BCUT2D eigenvalue weighted by Crippen LogP contribution is 2.34. The number of benzene rings is 1. The highest BCUT2D eigenvalue weighted by Gasteiger charge is 2.27. The van der Waals surface area contributed by atoms with Crippen molar-refractivity contribution in [3.63, 3.8) is 0 Å². The van der Waals surface area contributed by atoms with Crippen LogP contribution in [-0.2, 0) is 10.0 Å². The van der Waals surface area contributed by atoms with Crippen LogP contribution in [0.5, 0.6) is 0 Å². The van der Waals surface area contributed by atoms with Crippen molar-refractivity contribution >= 4 is 49.2 Å². The van der Waals surface area contributed by atoms with Crippen molar-refractivity contribution < 1.29 is 13.5 Å². The summed E-state index contributed by atoms with van der Waals surface area (Å²) in [6.45, 7) is 1.46. The predicted molar refractivity (Wildman–Crippen MR) is 75.7 cm³/mol. The Morgan fingerprint density at radius 3 is 2.22 bits per heavy atom. The molecule has 0 heterocycles. The maximum absolute atomic E-state index is 12.3. The molecule has 0 amide bonds. The molecule has 8 heteroatoms. The Hall–Kier alpha value is 0.150. The molecule has 0 aliphatic rings. The first-order chi connectivity index (χ1) is 8.16. The van der Waals surface area contributed by atoms with Gasteiger partial charge < -0.3 is 5.11 Å². The standard InChI is InChI=1S/C10H12BrCl2NO3S/c1-6(15)5-14(2)18(16,17)10-8(12)3-7(11)4-9(10)13/h3-4,6,15H,5H2,1-2H3. The molecule has 0 saturated carbocycles. The lowest BCUT2D eigenvalue weighted by atomic mass is 10.4. The predicted octanol–water partition coefficient (Wildman–Crippen LogP) is 2.76. The van der Waals surface area contributed by atoms with Crippen LogP contribution in [-0.4, -0.2) is 37.5 Å². The topological polar surface area (TPSA) is 57.6 Å².